The fraction of sp³-hybridized carbons (Fsp3) is 0.568. The van der Waals surface area contributed by atoms with Crippen molar-refractivity contribution >= 4 is 67.1 Å². The zero-order valence-corrected chi connectivity index (χ0v) is 45.4. The van der Waals surface area contributed by atoms with Gasteiger partial charge in [-0.05, 0) is 34.3 Å². The molecular formula is C44H59FN9O16P2Si2+. The third-order valence-corrected chi connectivity index (χ3v) is 25.1. The van der Waals surface area contributed by atoms with E-state index in [0.717, 1.165) is 17.1 Å². The Morgan fingerprint density at radius 3 is 2.39 bits per heavy atom. The molecule has 3 saturated heterocycles. The molecule has 0 radical (unpaired) electrons. The number of H-pyrrole nitrogens is 1. The minimum absolute atomic E-state index is 0.0626. The largest absolute Gasteiger partial charge is 0.695 e. The highest BCUT2D eigenvalue weighted by Gasteiger charge is 2.68. The SMILES string of the molecule is CC(C)[Si](O)(O[Si](O[C@H]1[C@@H](OP(=O)(OCCC#N)OC[C@@]23CO[C@@H](C(n4cnc5c(NC(=O)c6ccccc6)ncnc54)O2)[C@@H]3O[P+](=O)O)[C@H](n2cc(F)c3c(=O)[nH]cnc32)O[C@@H]1CO)(C(C)C)C(C)C)C(C)C. The van der Waals surface area contributed by atoms with Crippen molar-refractivity contribution in [2.75, 3.05) is 31.7 Å². The number of nitrogens with zero attached hydrogens (tertiary/aromatic N) is 7. The lowest BCUT2D eigenvalue weighted by Crippen LogP contribution is -2.62. The molecule has 25 nitrogen and oxygen atoms in total. The van der Waals surface area contributed by atoms with Crippen molar-refractivity contribution in [1.82, 2.24) is 34.1 Å². The first-order chi connectivity index (χ1) is 35.1. The van der Waals surface area contributed by atoms with Crippen molar-refractivity contribution < 1.29 is 74.0 Å². The van der Waals surface area contributed by atoms with Gasteiger partial charge in [0, 0.05) is 16.3 Å². The number of phosphoric ester groups is 1. The number of halogens is 1. The molecule has 30 heteroatoms. The number of aliphatic hydroxyl groups excluding tert-OH is 1. The molecule has 0 saturated carbocycles. The second kappa shape index (κ2) is 22.1. The third kappa shape index (κ3) is 10.5. The first-order valence-electron chi connectivity index (χ1n) is 23.8. The molecule has 3 fully saturated rings. The van der Waals surface area contributed by atoms with Gasteiger partial charge in [0.1, 0.15) is 36.1 Å². The summed E-state index contributed by atoms with van der Waals surface area (Å²) in [5, 5.41) is 22.9. The molecule has 4 aromatic heterocycles. The van der Waals surface area contributed by atoms with Gasteiger partial charge >= 0.3 is 33.2 Å². The molecule has 5 N–H and O–H groups in total. The predicted octanol–water partition coefficient (Wildman–Crippen LogP) is 5.91. The Bertz CT molecular complexity index is 2980. The number of carbonyl (C=O) groups is 1. The van der Waals surface area contributed by atoms with Crippen molar-refractivity contribution in [3.8, 4) is 6.07 Å². The normalized spacial score (nSPS) is 25.2. The minimum Gasteiger partial charge on any atom is -0.414 e. The van der Waals surface area contributed by atoms with Crippen LogP contribution in [0.1, 0.15) is 84.6 Å². The lowest BCUT2D eigenvalue weighted by atomic mass is 10.0. The first kappa shape index (κ1) is 55.6. The Kier molecular flexibility index (Phi) is 16.6. The number of imidazole rings is 1. The number of phosphoric acid groups is 1. The number of rotatable bonds is 23. The summed E-state index contributed by atoms with van der Waals surface area (Å²) in [6, 6.07) is 10.3. The molecule has 3 unspecified atom stereocenters. The van der Waals surface area contributed by atoms with Crippen molar-refractivity contribution in [1.29, 1.82) is 5.26 Å². The Morgan fingerprint density at radius 2 is 1.74 bits per heavy atom. The Hall–Kier alpha value is -4.64. The number of anilines is 1. The number of nitrogens with one attached hydrogen (secondary N) is 2. The summed E-state index contributed by atoms with van der Waals surface area (Å²) in [4.78, 5) is 68.1. The monoisotopic (exact) mass is 1110 g/mol. The average molecular weight is 1110 g/mol. The van der Waals surface area contributed by atoms with Gasteiger partial charge in [-0.1, -0.05) is 73.6 Å². The van der Waals surface area contributed by atoms with Crippen LogP contribution in [0.5, 0.6) is 0 Å². The highest BCUT2D eigenvalue weighted by atomic mass is 31.2. The van der Waals surface area contributed by atoms with Gasteiger partial charge in [-0.2, -0.15) is 5.26 Å². The van der Waals surface area contributed by atoms with E-state index in [1.807, 2.05) is 61.5 Å². The van der Waals surface area contributed by atoms with Crippen LogP contribution in [0.2, 0.25) is 22.2 Å². The molecule has 0 aliphatic carbocycles. The number of ether oxygens (including phenoxy) is 3. The maximum Gasteiger partial charge on any atom is 0.695 e. The van der Waals surface area contributed by atoms with Crippen molar-refractivity contribution in [3.63, 3.8) is 0 Å². The van der Waals surface area contributed by atoms with Gasteiger partial charge in [-0.15, -0.1) is 9.42 Å². The van der Waals surface area contributed by atoms with E-state index in [-0.39, 0.29) is 46.7 Å². The van der Waals surface area contributed by atoms with Gasteiger partial charge < -0.3 is 47.5 Å². The lowest BCUT2D eigenvalue weighted by Gasteiger charge is -2.47. The lowest BCUT2D eigenvalue weighted by molar-refractivity contribution is -0.184. The molecule has 2 bridgehead atoms. The molecule has 1 aromatic carbocycles. The Labute approximate surface area is 426 Å². The quantitative estimate of drug-likeness (QED) is 0.0288. The maximum absolute atomic E-state index is 15.8. The standard InChI is InChI=1S/C44H58FN9O16P2Si2/c1-24(2)73(61,25(3)4)70-74(26(5)6,27(7)8)69-33-30(18-55)65-42(53-17-29(45)31-38(53)48-22-50-41(31)57)34(33)68-72(60,63-16-12-15-46)64-20-44-19-62-35(36(44)67-71(58)59)43(66-44)54-23-51-32-37(47-21-49-39(32)54)52-40(56)28-13-10-9-11-14-28/h9-11,13-14,17,21-27,30,33-36,42-43,55,61H,12,16,18-20H2,1-8H3,(H2-,47,48,49,50,52,56,57,58,59)/p+1/t30-,33-,34-,35-,36+,42-,43?,44-,72?/m1/s1. The molecular weight excluding hydrogens is 1050 g/mol. The van der Waals surface area contributed by atoms with E-state index in [1.165, 1.54) is 17.2 Å². The molecule has 5 aromatic rings. The summed E-state index contributed by atoms with van der Waals surface area (Å²) in [5.41, 5.74) is -3.68. The summed E-state index contributed by atoms with van der Waals surface area (Å²) in [7, 11) is -15.9. The molecule has 0 spiro atoms. The molecule has 1 amide bonds. The number of fused-ring (bicyclic) bond motifs is 4. The molecule has 74 heavy (non-hydrogen) atoms. The summed E-state index contributed by atoms with van der Waals surface area (Å²) < 4.78 is 104. The zero-order chi connectivity index (χ0) is 53.5. The number of benzene rings is 1. The predicted molar refractivity (Wildman–Crippen MR) is 263 cm³/mol. The number of hydrogen-bond acceptors (Lipinski definition) is 20. The molecule has 400 valence electrons. The van der Waals surface area contributed by atoms with Crippen molar-refractivity contribution in [3.05, 3.63) is 77.2 Å². The van der Waals surface area contributed by atoms with Crippen LogP contribution in [0.4, 0.5) is 10.2 Å². The Balaban J connectivity index is 1.17. The van der Waals surface area contributed by atoms with E-state index in [1.54, 1.807) is 30.3 Å². The number of amides is 1. The molecule has 8 rings (SSSR count). The van der Waals surface area contributed by atoms with Crippen LogP contribution >= 0.6 is 16.1 Å². The van der Waals surface area contributed by atoms with Gasteiger partial charge in [0.05, 0.1) is 51.6 Å². The van der Waals surface area contributed by atoms with Crippen LogP contribution in [-0.2, 0) is 50.0 Å². The number of nitriles is 1. The third-order valence-electron chi connectivity index (χ3n) is 13.5. The molecule has 3 aliphatic heterocycles. The number of carbonyl (C=O) groups excluding carboxylic acids is 1. The topological polar surface area (TPSA) is 325 Å². The minimum atomic E-state index is -5.15. The highest BCUT2D eigenvalue weighted by Crippen LogP contribution is 2.58. The fourth-order valence-electron chi connectivity index (χ4n) is 9.66. The summed E-state index contributed by atoms with van der Waals surface area (Å²) in [6.45, 7) is 12.4. The number of hydrogen-bond donors (Lipinski definition) is 5. The van der Waals surface area contributed by atoms with E-state index < -0.39 is 135 Å². The van der Waals surface area contributed by atoms with Gasteiger partial charge in [-0.3, -0.25) is 27.7 Å². The van der Waals surface area contributed by atoms with E-state index in [9.17, 15) is 34.2 Å². The van der Waals surface area contributed by atoms with Crippen LogP contribution in [0.3, 0.4) is 0 Å². The number of aromatic nitrogens is 7. The van der Waals surface area contributed by atoms with E-state index >= 15 is 8.96 Å². The Morgan fingerprint density at radius 1 is 1.03 bits per heavy atom. The molecule has 7 heterocycles. The van der Waals surface area contributed by atoms with Crippen LogP contribution in [-0.4, -0.2) is 134 Å². The maximum atomic E-state index is 15.8. The van der Waals surface area contributed by atoms with Crippen LogP contribution in [0.15, 0.2) is 60.3 Å². The van der Waals surface area contributed by atoms with E-state index in [0.29, 0.717) is 5.56 Å². The summed E-state index contributed by atoms with van der Waals surface area (Å²) in [6.07, 6.45) is -5.75. The second-order valence-corrected chi connectivity index (χ2v) is 30.3. The van der Waals surface area contributed by atoms with Crippen molar-refractivity contribution in [2.45, 2.75) is 133 Å². The highest BCUT2D eigenvalue weighted by molar-refractivity contribution is 7.48. The fourth-order valence-corrected chi connectivity index (χ4v) is 21.5. The summed E-state index contributed by atoms with van der Waals surface area (Å²) >= 11 is 0. The van der Waals surface area contributed by atoms with Crippen molar-refractivity contribution in [2.24, 2.45) is 0 Å². The number of aliphatic hydroxyl groups is 1. The summed E-state index contributed by atoms with van der Waals surface area (Å²) in [5.74, 6) is -1.41. The van der Waals surface area contributed by atoms with E-state index in [2.05, 4.69) is 30.2 Å². The second-order valence-electron chi connectivity index (χ2n) is 19.3. The molecule has 10 atom stereocenters. The van der Waals surface area contributed by atoms with Gasteiger partial charge in [0.2, 0.25) is 0 Å². The zero-order valence-electron chi connectivity index (χ0n) is 41.6. The average Bonchev–Trinajstić information content (AvgIpc) is 4.17. The smallest absolute Gasteiger partial charge is 0.414 e. The van der Waals surface area contributed by atoms with Gasteiger partial charge in [-0.25, -0.2) is 28.9 Å². The van der Waals surface area contributed by atoms with Gasteiger partial charge in [0.15, 0.2) is 52.6 Å². The molecule has 3 aliphatic rings. The van der Waals surface area contributed by atoms with Crippen LogP contribution < -0.4 is 10.9 Å². The first-order valence-corrected chi connectivity index (χ1v) is 30.4. The number of aromatic amines is 1. The van der Waals surface area contributed by atoms with E-state index in [4.69, 9.17) is 40.8 Å². The van der Waals surface area contributed by atoms with Gasteiger partial charge in [0.25, 0.3) is 11.5 Å². The van der Waals surface area contributed by atoms with Crippen LogP contribution in [0.25, 0.3) is 22.2 Å². The van der Waals surface area contributed by atoms with Crippen LogP contribution in [0, 0.1) is 17.1 Å².